The number of hydrogen-bond acceptors (Lipinski definition) is 3. The topological polar surface area (TPSA) is 39.7 Å². The maximum absolute atomic E-state index is 4.44. The van der Waals surface area contributed by atoms with Crippen LogP contribution in [0.3, 0.4) is 0 Å². The van der Waals surface area contributed by atoms with Crippen LogP contribution in [0.15, 0.2) is 22.5 Å². The van der Waals surface area contributed by atoms with Gasteiger partial charge in [0, 0.05) is 30.6 Å². The number of nitrogens with one attached hydrogen (secondary N) is 2. The van der Waals surface area contributed by atoms with Crippen molar-refractivity contribution < 1.29 is 0 Å². The van der Waals surface area contributed by atoms with E-state index < -0.39 is 0 Å². The Morgan fingerprint density at radius 1 is 1.40 bits per heavy atom. The molecule has 2 aliphatic rings. The van der Waals surface area contributed by atoms with Crippen molar-refractivity contribution in [2.24, 2.45) is 16.8 Å². The molecule has 0 aromatic carbocycles. The first-order valence-corrected chi connectivity index (χ1v) is 10.3. The summed E-state index contributed by atoms with van der Waals surface area (Å²) in [7, 11) is 4.15. The lowest BCUT2D eigenvalue weighted by Crippen LogP contribution is -2.45. The third-order valence-electron chi connectivity index (χ3n) is 5.50. The fourth-order valence-electron chi connectivity index (χ4n) is 4.09. The zero-order valence-corrected chi connectivity index (χ0v) is 18.8. The Morgan fingerprint density at radius 3 is 2.92 bits per heavy atom. The van der Waals surface area contributed by atoms with E-state index in [1.807, 2.05) is 18.4 Å². The second kappa shape index (κ2) is 10.1. The van der Waals surface area contributed by atoms with Crippen molar-refractivity contribution in [1.82, 2.24) is 15.5 Å². The third kappa shape index (κ3) is 5.57. The summed E-state index contributed by atoms with van der Waals surface area (Å²) in [4.78, 5) is 8.46. The number of likely N-dealkylation sites (tertiary alicyclic amines) is 1. The standard InChI is InChI=1S/C19H32N4S.HI/c1-4-7-14-12-16(14)22-19(20-2)21-13-15-8-5-10-23(3)18(15)17-9-6-11-24-17;/h6,9,11,14-16,18H,4-5,7-8,10,12-13H2,1-3H3,(H2,20,21,22);1H. The van der Waals surface area contributed by atoms with E-state index in [9.17, 15) is 0 Å². The SMILES string of the molecule is CCCC1CC1NC(=NC)NCC1CCCN(C)C1c1cccs1.I. The second-order valence-corrected chi connectivity index (χ2v) is 8.31. The van der Waals surface area contributed by atoms with E-state index >= 15 is 0 Å². The molecule has 0 radical (unpaired) electrons. The molecule has 0 amide bonds. The van der Waals surface area contributed by atoms with Crippen LogP contribution in [0.25, 0.3) is 0 Å². The van der Waals surface area contributed by atoms with Gasteiger partial charge in [0.05, 0.1) is 0 Å². The average Bonchev–Trinajstić information content (AvgIpc) is 3.08. The van der Waals surface area contributed by atoms with Crippen LogP contribution < -0.4 is 10.6 Å². The summed E-state index contributed by atoms with van der Waals surface area (Å²) in [5.41, 5.74) is 0. The summed E-state index contributed by atoms with van der Waals surface area (Å²) in [6.45, 7) is 4.47. The predicted molar refractivity (Wildman–Crippen MR) is 119 cm³/mol. The Kier molecular flexibility index (Phi) is 8.48. The molecule has 1 aromatic heterocycles. The average molecular weight is 476 g/mol. The predicted octanol–water partition coefficient (Wildman–Crippen LogP) is 4.10. The van der Waals surface area contributed by atoms with Gasteiger partial charge in [-0.1, -0.05) is 19.4 Å². The van der Waals surface area contributed by atoms with Crippen LogP contribution in [-0.4, -0.2) is 44.1 Å². The maximum Gasteiger partial charge on any atom is 0.191 e. The van der Waals surface area contributed by atoms with E-state index in [0.29, 0.717) is 18.0 Å². The van der Waals surface area contributed by atoms with Gasteiger partial charge in [-0.3, -0.25) is 9.89 Å². The Labute approximate surface area is 173 Å². The summed E-state index contributed by atoms with van der Waals surface area (Å²) in [5.74, 6) is 2.48. The second-order valence-electron chi connectivity index (χ2n) is 7.33. The summed E-state index contributed by atoms with van der Waals surface area (Å²) < 4.78 is 0. The van der Waals surface area contributed by atoms with Crippen LogP contribution >= 0.6 is 35.3 Å². The van der Waals surface area contributed by atoms with Crippen molar-refractivity contribution >= 4 is 41.3 Å². The van der Waals surface area contributed by atoms with Gasteiger partial charge in [-0.25, -0.2) is 0 Å². The van der Waals surface area contributed by atoms with Crippen molar-refractivity contribution in [2.75, 3.05) is 27.2 Å². The number of aliphatic imine (C=N–C) groups is 1. The van der Waals surface area contributed by atoms with Gasteiger partial charge in [0.1, 0.15) is 0 Å². The molecule has 6 heteroatoms. The van der Waals surface area contributed by atoms with Crippen LogP contribution in [0, 0.1) is 11.8 Å². The minimum Gasteiger partial charge on any atom is -0.356 e. The fourth-order valence-corrected chi connectivity index (χ4v) is 5.08. The molecule has 1 aliphatic heterocycles. The first-order chi connectivity index (χ1) is 11.7. The number of piperidine rings is 1. The molecule has 1 aromatic rings. The molecule has 0 bridgehead atoms. The zero-order valence-electron chi connectivity index (χ0n) is 15.7. The van der Waals surface area contributed by atoms with Crippen LogP contribution in [0.2, 0.25) is 0 Å². The number of guanidine groups is 1. The molecule has 1 saturated heterocycles. The van der Waals surface area contributed by atoms with Gasteiger partial charge in [-0.15, -0.1) is 35.3 Å². The normalized spacial score (nSPS) is 29.8. The van der Waals surface area contributed by atoms with Crippen LogP contribution in [0.5, 0.6) is 0 Å². The molecule has 2 heterocycles. The molecular formula is C19H33IN4S. The highest BCUT2D eigenvalue weighted by atomic mass is 127. The molecule has 4 nitrogen and oxygen atoms in total. The molecule has 1 saturated carbocycles. The van der Waals surface area contributed by atoms with E-state index in [0.717, 1.165) is 18.4 Å². The van der Waals surface area contributed by atoms with E-state index in [1.165, 1.54) is 43.5 Å². The van der Waals surface area contributed by atoms with Crippen LogP contribution in [0.1, 0.15) is 49.9 Å². The lowest BCUT2D eigenvalue weighted by molar-refractivity contribution is 0.125. The number of hydrogen-bond donors (Lipinski definition) is 2. The highest BCUT2D eigenvalue weighted by molar-refractivity contribution is 14.0. The van der Waals surface area contributed by atoms with E-state index in [1.54, 1.807) is 0 Å². The molecule has 3 rings (SSSR count). The molecule has 142 valence electrons. The Morgan fingerprint density at radius 2 is 2.24 bits per heavy atom. The molecule has 1 aliphatic carbocycles. The lowest BCUT2D eigenvalue weighted by Gasteiger charge is -2.39. The largest absolute Gasteiger partial charge is 0.356 e. The van der Waals surface area contributed by atoms with Crippen LogP contribution in [0.4, 0.5) is 0 Å². The van der Waals surface area contributed by atoms with Crippen LogP contribution in [-0.2, 0) is 0 Å². The van der Waals surface area contributed by atoms with Crippen molar-refractivity contribution in [3.8, 4) is 0 Å². The first-order valence-electron chi connectivity index (χ1n) is 9.43. The van der Waals surface area contributed by atoms with E-state index in [-0.39, 0.29) is 24.0 Å². The number of halogens is 1. The number of nitrogens with zero attached hydrogens (tertiary/aromatic N) is 2. The van der Waals surface area contributed by atoms with Crippen molar-refractivity contribution in [2.45, 2.75) is 51.1 Å². The quantitative estimate of drug-likeness (QED) is 0.369. The Balaban J connectivity index is 0.00000225. The minimum absolute atomic E-state index is 0. The van der Waals surface area contributed by atoms with E-state index in [4.69, 9.17) is 0 Å². The van der Waals surface area contributed by atoms with Gasteiger partial charge in [0.15, 0.2) is 5.96 Å². The van der Waals surface area contributed by atoms with Gasteiger partial charge >= 0.3 is 0 Å². The first kappa shape index (κ1) is 21.0. The molecule has 2 fully saturated rings. The highest BCUT2D eigenvalue weighted by Crippen LogP contribution is 2.37. The molecule has 25 heavy (non-hydrogen) atoms. The molecule has 2 N–H and O–H groups in total. The summed E-state index contributed by atoms with van der Waals surface area (Å²) >= 11 is 1.89. The van der Waals surface area contributed by atoms with Crippen molar-refractivity contribution in [3.05, 3.63) is 22.4 Å². The van der Waals surface area contributed by atoms with Gasteiger partial charge in [-0.2, -0.15) is 0 Å². The summed E-state index contributed by atoms with van der Waals surface area (Å²) in [6.07, 6.45) is 6.50. The molecule has 4 atom stereocenters. The monoisotopic (exact) mass is 476 g/mol. The maximum atomic E-state index is 4.44. The molecule has 4 unspecified atom stereocenters. The van der Waals surface area contributed by atoms with E-state index in [2.05, 4.69) is 52.0 Å². The molecule has 0 spiro atoms. The number of rotatable bonds is 6. The minimum atomic E-state index is 0. The Hall–Kier alpha value is -0.340. The van der Waals surface area contributed by atoms with Gasteiger partial charge < -0.3 is 10.6 Å². The smallest absolute Gasteiger partial charge is 0.191 e. The number of thiophene rings is 1. The summed E-state index contributed by atoms with van der Waals surface area (Å²) in [6, 6.07) is 5.64. The lowest BCUT2D eigenvalue weighted by atomic mass is 9.88. The van der Waals surface area contributed by atoms with Gasteiger partial charge in [-0.05, 0) is 62.6 Å². The van der Waals surface area contributed by atoms with Gasteiger partial charge in [0.2, 0.25) is 0 Å². The molecular weight excluding hydrogens is 443 g/mol. The van der Waals surface area contributed by atoms with Gasteiger partial charge in [0.25, 0.3) is 0 Å². The van der Waals surface area contributed by atoms with Crippen molar-refractivity contribution in [1.29, 1.82) is 0 Å². The zero-order chi connectivity index (χ0) is 16.9. The summed E-state index contributed by atoms with van der Waals surface area (Å²) in [5, 5.41) is 9.40. The Bertz CT molecular complexity index is 534. The third-order valence-corrected chi connectivity index (χ3v) is 6.44. The van der Waals surface area contributed by atoms with Crippen molar-refractivity contribution in [3.63, 3.8) is 0 Å². The highest BCUT2D eigenvalue weighted by Gasteiger charge is 2.37. The fraction of sp³-hybridized carbons (Fsp3) is 0.737.